The average Bonchev–Trinajstić information content (AvgIpc) is 3.07. The summed E-state index contributed by atoms with van der Waals surface area (Å²) >= 11 is 0. The highest BCUT2D eigenvalue weighted by Crippen LogP contribution is 2.14. The summed E-state index contributed by atoms with van der Waals surface area (Å²) in [4.78, 5) is 18.6. The maximum atomic E-state index is 12.7. The molecule has 0 aliphatic rings. The van der Waals surface area contributed by atoms with Crippen LogP contribution < -0.4 is 0 Å². The molecule has 1 amide bonds. The summed E-state index contributed by atoms with van der Waals surface area (Å²) in [5.41, 5.74) is 1.05. The van der Waals surface area contributed by atoms with Gasteiger partial charge < -0.3 is 9.47 Å². The number of amides is 1. The maximum absolute atomic E-state index is 12.7. The van der Waals surface area contributed by atoms with Gasteiger partial charge in [-0.05, 0) is 12.8 Å². The molecule has 2 aromatic heterocycles. The predicted octanol–water partition coefficient (Wildman–Crippen LogP) is 1.86. The Bertz CT molecular complexity index is 573. The maximum Gasteiger partial charge on any atom is 0.245 e. The highest BCUT2D eigenvalue weighted by atomic mass is 16.2. The smallest absolute Gasteiger partial charge is 0.245 e. The van der Waals surface area contributed by atoms with Crippen molar-refractivity contribution < 1.29 is 4.79 Å². The Kier molecular flexibility index (Phi) is 4.77. The first-order chi connectivity index (χ1) is 9.97. The van der Waals surface area contributed by atoms with Gasteiger partial charge in [0.2, 0.25) is 5.91 Å². The molecule has 0 N–H and O–H groups in total. The number of hydrogen-bond acceptors (Lipinski definition) is 3. The molecule has 0 bridgehead atoms. The zero-order chi connectivity index (χ0) is 15.4. The third-order valence-electron chi connectivity index (χ3n) is 3.36. The van der Waals surface area contributed by atoms with Crippen LogP contribution in [0.25, 0.3) is 0 Å². The first kappa shape index (κ1) is 15.3. The summed E-state index contributed by atoms with van der Waals surface area (Å²) in [5.74, 6) is 0.520. The van der Waals surface area contributed by atoms with Crippen LogP contribution in [0.5, 0.6) is 0 Å². The molecule has 2 aromatic rings. The van der Waals surface area contributed by atoms with E-state index in [9.17, 15) is 4.79 Å². The third-order valence-corrected chi connectivity index (χ3v) is 3.36. The highest BCUT2D eigenvalue weighted by Gasteiger charge is 2.22. The van der Waals surface area contributed by atoms with Crippen molar-refractivity contribution >= 4 is 5.91 Å². The van der Waals surface area contributed by atoms with E-state index < -0.39 is 0 Å². The van der Waals surface area contributed by atoms with Crippen LogP contribution in [0.3, 0.4) is 0 Å². The normalized spacial score (nSPS) is 12.6. The molecule has 2 rings (SSSR count). The summed E-state index contributed by atoms with van der Waals surface area (Å²) < 4.78 is 3.59. The summed E-state index contributed by atoms with van der Waals surface area (Å²) in [6.07, 6.45) is 8.95. The molecule has 0 saturated heterocycles. The molecule has 6 heteroatoms. The lowest BCUT2D eigenvalue weighted by Crippen LogP contribution is -2.37. The molecule has 0 aromatic carbocycles. The van der Waals surface area contributed by atoms with Gasteiger partial charge in [-0.3, -0.25) is 9.48 Å². The van der Waals surface area contributed by atoms with Gasteiger partial charge in [0.15, 0.2) is 0 Å². The van der Waals surface area contributed by atoms with Crippen molar-refractivity contribution in [2.45, 2.75) is 33.4 Å². The molecule has 21 heavy (non-hydrogen) atoms. The molecule has 1 atom stereocenters. The van der Waals surface area contributed by atoms with Gasteiger partial charge in [0, 0.05) is 44.3 Å². The monoisotopic (exact) mass is 289 g/mol. The summed E-state index contributed by atoms with van der Waals surface area (Å²) in [6, 6.07) is -0.247. The number of carbonyl (C=O) groups is 1. The molecule has 0 unspecified atom stereocenters. The van der Waals surface area contributed by atoms with E-state index in [2.05, 4.69) is 23.9 Å². The molecule has 6 nitrogen and oxygen atoms in total. The van der Waals surface area contributed by atoms with Gasteiger partial charge in [0.1, 0.15) is 6.04 Å². The van der Waals surface area contributed by atoms with Crippen LogP contribution in [0.1, 0.15) is 32.4 Å². The van der Waals surface area contributed by atoms with E-state index in [1.807, 2.05) is 42.0 Å². The summed E-state index contributed by atoms with van der Waals surface area (Å²) in [7, 11) is 1.88. The highest BCUT2D eigenvalue weighted by molar-refractivity contribution is 5.80. The Balaban J connectivity index is 2.13. The van der Waals surface area contributed by atoms with Gasteiger partial charge in [-0.15, -0.1) is 0 Å². The first-order valence-electron chi connectivity index (χ1n) is 7.21. The number of carbonyl (C=O) groups excluding carboxylic acids is 1. The van der Waals surface area contributed by atoms with Crippen molar-refractivity contribution in [2.75, 3.05) is 6.54 Å². The van der Waals surface area contributed by atoms with Gasteiger partial charge in [0.05, 0.1) is 12.5 Å². The standard InChI is InChI=1S/C15H23N5O/c1-12(2)8-20(10-14-7-17-18(4)9-14)15(21)13(3)19-6-5-16-11-19/h5-7,9,11-13H,8,10H2,1-4H3/t13-/m0/s1. The Hall–Kier alpha value is -2.11. The average molecular weight is 289 g/mol. The second kappa shape index (κ2) is 6.56. The molecule has 0 saturated carbocycles. The van der Waals surface area contributed by atoms with Crippen molar-refractivity contribution in [1.29, 1.82) is 0 Å². The molecule has 114 valence electrons. The largest absolute Gasteiger partial charge is 0.336 e. The number of hydrogen-bond donors (Lipinski definition) is 0. The zero-order valence-corrected chi connectivity index (χ0v) is 13.1. The van der Waals surface area contributed by atoms with Crippen molar-refractivity contribution in [2.24, 2.45) is 13.0 Å². The quantitative estimate of drug-likeness (QED) is 0.815. The zero-order valence-electron chi connectivity index (χ0n) is 13.1. The summed E-state index contributed by atoms with van der Waals surface area (Å²) in [6.45, 7) is 7.45. The van der Waals surface area contributed by atoms with E-state index >= 15 is 0 Å². The van der Waals surface area contributed by atoms with E-state index in [0.29, 0.717) is 12.5 Å². The molecule has 0 radical (unpaired) electrons. The lowest BCUT2D eigenvalue weighted by molar-refractivity contribution is -0.135. The minimum atomic E-state index is -0.247. The Morgan fingerprint density at radius 1 is 1.38 bits per heavy atom. The SMILES string of the molecule is CC(C)CN(Cc1cnn(C)c1)C(=O)[C@H](C)n1ccnc1. The third kappa shape index (κ3) is 3.93. The minimum Gasteiger partial charge on any atom is -0.336 e. The topological polar surface area (TPSA) is 56.0 Å². The van der Waals surface area contributed by atoms with E-state index in [-0.39, 0.29) is 11.9 Å². The number of aryl methyl sites for hydroxylation is 1. The van der Waals surface area contributed by atoms with Gasteiger partial charge in [-0.1, -0.05) is 13.8 Å². The van der Waals surface area contributed by atoms with Crippen LogP contribution in [0.4, 0.5) is 0 Å². The Morgan fingerprint density at radius 2 is 2.14 bits per heavy atom. The first-order valence-corrected chi connectivity index (χ1v) is 7.21. The van der Waals surface area contributed by atoms with Crippen LogP contribution >= 0.6 is 0 Å². The molecule has 0 aliphatic carbocycles. The molecule has 0 aliphatic heterocycles. The molecule has 2 heterocycles. The Labute approximate surface area is 125 Å². The van der Waals surface area contributed by atoms with Crippen LogP contribution in [0.15, 0.2) is 31.1 Å². The van der Waals surface area contributed by atoms with Crippen molar-refractivity contribution in [1.82, 2.24) is 24.2 Å². The van der Waals surface area contributed by atoms with Gasteiger partial charge in [-0.2, -0.15) is 5.10 Å². The molecule has 0 fully saturated rings. The van der Waals surface area contributed by atoms with E-state index in [4.69, 9.17) is 0 Å². The second-order valence-corrected chi connectivity index (χ2v) is 5.82. The summed E-state index contributed by atoms with van der Waals surface area (Å²) in [5, 5.41) is 4.17. The fraction of sp³-hybridized carbons (Fsp3) is 0.533. The van der Waals surface area contributed by atoms with E-state index in [0.717, 1.165) is 12.1 Å². The Morgan fingerprint density at radius 3 is 2.67 bits per heavy atom. The lowest BCUT2D eigenvalue weighted by Gasteiger charge is -2.27. The van der Waals surface area contributed by atoms with Gasteiger partial charge in [-0.25, -0.2) is 4.98 Å². The molecule has 0 spiro atoms. The van der Waals surface area contributed by atoms with E-state index in [1.54, 1.807) is 17.2 Å². The number of nitrogens with zero attached hydrogens (tertiary/aromatic N) is 5. The van der Waals surface area contributed by atoms with Crippen LogP contribution in [-0.2, 0) is 18.4 Å². The van der Waals surface area contributed by atoms with Gasteiger partial charge >= 0.3 is 0 Å². The number of rotatable bonds is 6. The fourth-order valence-electron chi connectivity index (χ4n) is 2.34. The minimum absolute atomic E-state index is 0.102. The molecular formula is C15H23N5O. The van der Waals surface area contributed by atoms with Crippen LogP contribution in [0, 0.1) is 5.92 Å². The van der Waals surface area contributed by atoms with Gasteiger partial charge in [0.25, 0.3) is 0 Å². The predicted molar refractivity (Wildman–Crippen MR) is 80.4 cm³/mol. The molecular weight excluding hydrogens is 266 g/mol. The van der Waals surface area contributed by atoms with Crippen LogP contribution in [-0.4, -0.2) is 36.7 Å². The number of aromatic nitrogens is 4. The lowest BCUT2D eigenvalue weighted by atomic mass is 10.1. The van der Waals surface area contributed by atoms with Crippen molar-refractivity contribution in [3.05, 3.63) is 36.7 Å². The van der Waals surface area contributed by atoms with Crippen molar-refractivity contribution in [3.63, 3.8) is 0 Å². The van der Waals surface area contributed by atoms with E-state index in [1.165, 1.54) is 0 Å². The number of imidazole rings is 1. The fourth-order valence-corrected chi connectivity index (χ4v) is 2.34. The van der Waals surface area contributed by atoms with Crippen LogP contribution in [0.2, 0.25) is 0 Å². The second-order valence-electron chi connectivity index (χ2n) is 5.82. The van der Waals surface area contributed by atoms with Crippen molar-refractivity contribution in [3.8, 4) is 0 Å².